The number of halogens is 2. The molecule has 0 spiro atoms. The van der Waals surface area contributed by atoms with E-state index in [9.17, 15) is 13.6 Å². The molecule has 10 heteroatoms. The maximum absolute atomic E-state index is 13.7. The van der Waals surface area contributed by atoms with E-state index < -0.39 is 13.0 Å². The van der Waals surface area contributed by atoms with E-state index in [-0.39, 0.29) is 22.5 Å². The van der Waals surface area contributed by atoms with Gasteiger partial charge in [0.05, 0.1) is 24.4 Å². The van der Waals surface area contributed by atoms with Gasteiger partial charge in [-0.2, -0.15) is 5.10 Å². The van der Waals surface area contributed by atoms with E-state index in [1.165, 1.54) is 10.8 Å². The van der Waals surface area contributed by atoms with Crippen LogP contribution in [0.4, 0.5) is 8.78 Å². The summed E-state index contributed by atoms with van der Waals surface area (Å²) in [6, 6.07) is 12.4. The minimum absolute atomic E-state index is 0.0866. The maximum Gasteiger partial charge on any atom is 0.272 e. The van der Waals surface area contributed by atoms with Gasteiger partial charge in [0.15, 0.2) is 6.61 Å². The first-order chi connectivity index (χ1) is 16.4. The Hall–Kier alpha value is -4.34. The molecule has 0 aliphatic carbocycles. The van der Waals surface area contributed by atoms with Crippen molar-refractivity contribution in [1.82, 2.24) is 24.3 Å². The maximum atomic E-state index is 13.7. The lowest BCUT2D eigenvalue weighted by atomic mass is 10.1. The van der Waals surface area contributed by atoms with Crippen LogP contribution in [0, 0.1) is 0 Å². The highest BCUT2D eigenvalue weighted by Crippen LogP contribution is 2.28. The second kappa shape index (κ2) is 8.54. The summed E-state index contributed by atoms with van der Waals surface area (Å²) < 4.78 is 38.7. The van der Waals surface area contributed by atoms with E-state index in [1.54, 1.807) is 48.3 Å². The molecule has 0 amide bonds. The summed E-state index contributed by atoms with van der Waals surface area (Å²) >= 11 is 0. The van der Waals surface area contributed by atoms with Gasteiger partial charge in [-0.3, -0.25) is 14.0 Å². The Bertz CT molecular complexity index is 1560. The molecule has 0 saturated heterocycles. The second-order valence-electron chi connectivity index (χ2n) is 7.60. The minimum Gasteiger partial charge on any atom is -0.497 e. The zero-order valence-corrected chi connectivity index (χ0v) is 18.3. The Balaban J connectivity index is 1.74. The van der Waals surface area contributed by atoms with Gasteiger partial charge in [0.25, 0.3) is 12.0 Å². The van der Waals surface area contributed by atoms with Gasteiger partial charge in [0, 0.05) is 30.5 Å². The highest BCUT2D eigenvalue weighted by Gasteiger charge is 2.18. The van der Waals surface area contributed by atoms with Crippen molar-refractivity contribution in [3.05, 3.63) is 71.4 Å². The summed E-state index contributed by atoms with van der Waals surface area (Å²) in [4.78, 5) is 22.4. The molecule has 34 heavy (non-hydrogen) atoms. The van der Waals surface area contributed by atoms with Gasteiger partial charge in [-0.05, 0) is 35.9 Å². The number of benzene rings is 2. The van der Waals surface area contributed by atoms with Gasteiger partial charge in [0.1, 0.15) is 16.8 Å². The molecule has 3 aromatic heterocycles. The summed E-state index contributed by atoms with van der Waals surface area (Å²) in [5, 5.41) is 5.24. The predicted molar refractivity (Wildman–Crippen MR) is 123 cm³/mol. The van der Waals surface area contributed by atoms with E-state index in [4.69, 9.17) is 9.47 Å². The molecule has 0 saturated carbocycles. The number of nitrogens with zero attached hydrogens (tertiary/aromatic N) is 5. The van der Waals surface area contributed by atoms with Crippen molar-refractivity contribution in [2.75, 3.05) is 13.7 Å². The normalized spacial score (nSPS) is 11.4. The summed E-state index contributed by atoms with van der Waals surface area (Å²) in [5.41, 5.74) is 2.58. The van der Waals surface area contributed by atoms with E-state index in [0.29, 0.717) is 22.5 Å². The second-order valence-corrected chi connectivity index (χ2v) is 7.60. The van der Waals surface area contributed by atoms with Crippen LogP contribution in [0.3, 0.4) is 0 Å². The van der Waals surface area contributed by atoms with Crippen molar-refractivity contribution in [2.45, 2.75) is 6.43 Å². The smallest absolute Gasteiger partial charge is 0.272 e. The third-order valence-corrected chi connectivity index (χ3v) is 5.32. The summed E-state index contributed by atoms with van der Waals surface area (Å²) in [6.45, 7) is -0.819. The fraction of sp³-hybridized carbons (Fsp3) is 0.167. The summed E-state index contributed by atoms with van der Waals surface area (Å²) in [6.07, 6.45) is 2.05. The van der Waals surface area contributed by atoms with Gasteiger partial charge in [-0.25, -0.2) is 18.7 Å². The SMILES string of the molecule is COc1ccc(-c2c(=O)n(-c3ccc4nn(C)cc4c3)cc3ncc(OCC(F)F)nc23)cc1. The van der Waals surface area contributed by atoms with Crippen molar-refractivity contribution in [1.29, 1.82) is 0 Å². The van der Waals surface area contributed by atoms with E-state index in [0.717, 1.165) is 10.9 Å². The minimum atomic E-state index is -2.66. The number of alkyl halides is 2. The first kappa shape index (κ1) is 21.5. The number of fused-ring (bicyclic) bond motifs is 2. The Morgan fingerprint density at radius 2 is 1.85 bits per heavy atom. The topological polar surface area (TPSA) is 84.1 Å². The molecule has 0 aliphatic heterocycles. The third kappa shape index (κ3) is 3.94. The third-order valence-electron chi connectivity index (χ3n) is 5.32. The molecule has 5 rings (SSSR count). The highest BCUT2D eigenvalue weighted by molar-refractivity contribution is 5.91. The van der Waals surface area contributed by atoms with Crippen molar-refractivity contribution in [3.8, 4) is 28.4 Å². The summed E-state index contributed by atoms with van der Waals surface area (Å²) in [7, 11) is 3.37. The number of hydrogen-bond acceptors (Lipinski definition) is 6. The zero-order valence-electron chi connectivity index (χ0n) is 18.3. The fourth-order valence-electron chi connectivity index (χ4n) is 3.78. The molecular weight excluding hydrogens is 444 g/mol. The van der Waals surface area contributed by atoms with Gasteiger partial charge < -0.3 is 9.47 Å². The molecule has 3 heterocycles. The molecule has 0 fully saturated rings. The number of hydrogen-bond donors (Lipinski definition) is 0. The molecule has 8 nitrogen and oxygen atoms in total. The van der Waals surface area contributed by atoms with Crippen molar-refractivity contribution in [2.24, 2.45) is 7.05 Å². The lowest BCUT2D eigenvalue weighted by molar-refractivity contribution is 0.0796. The Kier molecular flexibility index (Phi) is 5.40. The molecule has 5 aromatic rings. The Morgan fingerprint density at radius 3 is 2.59 bits per heavy atom. The number of aryl methyl sites for hydroxylation is 1. The number of pyridine rings is 1. The molecule has 0 atom stereocenters. The van der Waals surface area contributed by atoms with Crippen LogP contribution in [0.25, 0.3) is 38.8 Å². The van der Waals surface area contributed by atoms with Crippen LogP contribution in [-0.2, 0) is 7.05 Å². The van der Waals surface area contributed by atoms with Crippen LogP contribution in [0.1, 0.15) is 0 Å². The van der Waals surface area contributed by atoms with Crippen LogP contribution >= 0.6 is 0 Å². The van der Waals surface area contributed by atoms with E-state index in [1.807, 2.05) is 25.4 Å². The lowest BCUT2D eigenvalue weighted by Crippen LogP contribution is -2.21. The average Bonchev–Trinajstić information content (AvgIpc) is 3.21. The molecule has 0 aliphatic rings. The van der Waals surface area contributed by atoms with Gasteiger partial charge >= 0.3 is 0 Å². The van der Waals surface area contributed by atoms with E-state index >= 15 is 0 Å². The van der Waals surface area contributed by atoms with Crippen molar-refractivity contribution < 1.29 is 18.3 Å². The number of ether oxygens (including phenoxy) is 2. The van der Waals surface area contributed by atoms with Crippen LogP contribution in [-0.4, -0.2) is 44.5 Å². The van der Waals surface area contributed by atoms with Gasteiger partial charge in [0.2, 0.25) is 5.88 Å². The quantitative estimate of drug-likeness (QED) is 0.379. The molecule has 0 N–H and O–H groups in total. The van der Waals surface area contributed by atoms with E-state index in [2.05, 4.69) is 15.1 Å². The number of methoxy groups -OCH3 is 1. The first-order valence-corrected chi connectivity index (χ1v) is 10.3. The predicted octanol–water partition coefficient (Wildman–Crippen LogP) is 3.99. The molecular formula is C24H19F2N5O3. The lowest BCUT2D eigenvalue weighted by Gasteiger charge is -2.13. The average molecular weight is 463 g/mol. The standard InChI is InChI=1S/C24H19F2N5O3/c1-30-11-15-9-16(5-8-18(15)29-30)31-12-19-23(28-21(10-27-19)34-13-20(25)26)22(24(31)32)14-3-6-17(33-2)7-4-14/h3-12,20H,13H2,1-2H3. The van der Waals surface area contributed by atoms with Crippen LogP contribution in [0.15, 0.2) is 65.8 Å². The monoisotopic (exact) mass is 463 g/mol. The molecule has 0 unspecified atom stereocenters. The molecule has 0 bridgehead atoms. The van der Waals surface area contributed by atoms with Crippen LogP contribution < -0.4 is 15.0 Å². The zero-order chi connectivity index (χ0) is 23.8. The van der Waals surface area contributed by atoms with Crippen LogP contribution in [0.5, 0.6) is 11.6 Å². The first-order valence-electron chi connectivity index (χ1n) is 10.3. The fourth-order valence-corrected chi connectivity index (χ4v) is 3.78. The number of rotatable bonds is 6. The number of aromatic nitrogens is 5. The summed E-state index contributed by atoms with van der Waals surface area (Å²) in [5.74, 6) is 0.537. The highest BCUT2D eigenvalue weighted by atomic mass is 19.3. The van der Waals surface area contributed by atoms with Gasteiger partial charge in [-0.15, -0.1) is 0 Å². The molecule has 0 radical (unpaired) electrons. The molecule has 172 valence electrons. The van der Waals surface area contributed by atoms with Crippen molar-refractivity contribution >= 4 is 21.9 Å². The Morgan fingerprint density at radius 1 is 1.06 bits per heavy atom. The largest absolute Gasteiger partial charge is 0.497 e. The van der Waals surface area contributed by atoms with Crippen LogP contribution in [0.2, 0.25) is 0 Å². The van der Waals surface area contributed by atoms with Crippen molar-refractivity contribution in [3.63, 3.8) is 0 Å². The Labute approximate surface area is 192 Å². The molecule has 2 aromatic carbocycles. The van der Waals surface area contributed by atoms with Gasteiger partial charge in [-0.1, -0.05) is 12.1 Å².